The molecule has 0 saturated carbocycles. The third-order valence-corrected chi connectivity index (χ3v) is 3.66. The maximum atomic E-state index is 12.9. The van der Waals surface area contributed by atoms with Crippen molar-refractivity contribution in [2.75, 3.05) is 0 Å². The Morgan fingerprint density at radius 3 is 2.40 bits per heavy atom. The lowest BCUT2D eigenvalue weighted by Gasteiger charge is -2.06. The molecule has 1 aromatic carbocycles. The molecule has 0 fully saturated rings. The molecule has 0 unspecified atom stereocenters. The number of allylic oxidation sites excluding steroid dienone is 2. The average molecular weight is 267 g/mol. The Labute approximate surface area is 117 Å². The van der Waals surface area contributed by atoms with Crippen molar-refractivity contribution in [1.82, 2.24) is 4.98 Å². The summed E-state index contributed by atoms with van der Waals surface area (Å²) < 4.78 is 12.9. The first-order valence-corrected chi connectivity index (χ1v) is 6.67. The number of nitrogens with zero attached hydrogens (tertiary/aromatic N) is 1. The molecule has 0 amide bonds. The van der Waals surface area contributed by atoms with Gasteiger partial charge in [-0.25, -0.2) is 4.39 Å². The van der Waals surface area contributed by atoms with Gasteiger partial charge in [0.1, 0.15) is 12.1 Å². The number of hydrogen-bond donors (Lipinski definition) is 0. The van der Waals surface area contributed by atoms with Gasteiger partial charge in [0, 0.05) is 5.56 Å². The minimum Gasteiger partial charge on any atom is -0.298 e. The van der Waals surface area contributed by atoms with Crippen molar-refractivity contribution in [3.63, 3.8) is 0 Å². The first-order valence-electron chi connectivity index (χ1n) is 6.67. The van der Waals surface area contributed by atoms with E-state index >= 15 is 0 Å². The van der Waals surface area contributed by atoms with Crippen LogP contribution in [0.5, 0.6) is 0 Å². The second-order valence-corrected chi connectivity index (χ2v) is 4.91. The highest BCUT2D eigenvalue weighted by molar-refractivity contribution is 5.89. The van der Waals surface area contributed by atoms with Crippen LogP contribution >= 0.6 is 0 Å². The molecule has 20 heavy (non-hydrogen) atoms. The van der Waals surface area contributed by atoms with Crippen LogP contribution in [0.1, 0.15) is 24.8 Å². The monoisotopic (exact) mass is 267 g/mol. The summed E-state index contributed by atoms with van der Waals surface area (Å²) in [6.45, 7) is 0. The normalized spacial score (nSPS) is 14.7. The predicted molar refractivity (Wildman–Crippen MR) is 76.5 cm³/mol. The minimum atomic E-state index is -0.336. The van der Waals surface area contributed by atoms with E-state index in [9.17, 15) is 9.18 Å². The Hall–Kier alpha value is -2.29. The zero-order valence-corrected chi connectivity index (χ0v) is 11.0. The van der Waals surface area contributed by atoms with Gasteiger partial charge in [-0.2, -0.15) is 0 Å². The van der Waals surface area contributed by atoms with E-state index in [1.165, 1.54) is 12.3 Å². The third-order valence-electron chi connectivity index (χ3n) is 3.66. The van der Waals surface area contributed by atoms with Crippen LogP contribution < -0.4 is 0 Å². The summed E-state index contributed by atoms with van der Waals surface area (Å²) in [4.78, 5) is 15.1. The summed E-state index contributed by atoms with van der Waals surface area (Å²) in [5.74, 6) is -0.336. The molecule has 2 nitrogen and oxygen atoms in total. The van der Waals surface area contributed by atoms with E-state index in [1.54, 1.807) is 6.07 Å². The van der Waals surface area contributed by atoms with Crippen LogP contribution in [0, 0.1) is 5.82 Å². The number of aromatic nitrogens is 1. The second-order valence-electron chi connectivity index (χ2n) is 4.91. The predicted octanol–water partition coefficient (Wildman–Crippen LogP) is 4.02. The van der Waals surface area contributed by atoms with Crippen molar-refractivity contribution >= 4 is 11.9 Å². The van der Waals surface area contributed by atoms with Crippen molar-refractivity contribution < 1.29 is 9.18 Å². The molecule has 0 N–H and O–H groups in total. The van der Waals surface area contributed by atoms with E-state index in [2.05, 4.69) is 4.98 Å². The first-order chi connectivity index (χ1) is 9.78. The number of pyridine rings is 1. The van der Waals surface area contributed by atoms with Gasteiger partial charge < -0.3 is 0 Å². The Balaban J connectivity index is 1.92. The summed E-state index contributed by atoms with van der Waals surface area (Å²) in [6, 6.07) is 11.0. The molecule has 1 aromatic heterocycles. The van der Waals surface area contributed by atoms with Gasteiger partial charge in [0.15, 0.2) is 0 Å². The lowest BCUT2D eigenvalue weighted by Crippen LogP contribution is -1.88. The summed E-state index contributed by atoms with van der Waals surface area (Å²) >= 11 is 0. The molecule has 100 valence electrons. The van der Waals surface area contributed by atoms with Crippen LogP contribution in [0.4, 0.5) is 4.39 Å². The number of aldehydes is 1. The molecule has 1 aliphatic rings. The molecule has 1 aliphatic carbocycles. The highest BCUT2D eigenvalue weighted by atomic mass is 19.1. The lowest BCUT2D eigenvalue weighted by molar-refractivity contribution is -0.104. The lowest BCUT2D eigenvalue weighted by atomic mass is 10.00. The Kier molecular flexibility index (Phi) is 3.42. The second kappa shape index (κ2) is 5.37. The number of carbonyl (C=O) groups excluding carboxylic acids is 1. The van der Waals surface area contributed by atoms with E-state index in [4.69, 9.17) is 0 Å². The summed E-state index contributed by atoms with van der Waals surface area (Å²) in [5, 5.41) is 0. The number of hydrogen-bond acceptors (Lipinski definition) is 2. The van der Waals surface area contributed by atoms with E-state index in [0.29, 0.717) is 0 Å². The largest absolute Gasteiger partial charge is 0.298 e. The smallest absolute Gasteiger partial charge is 0.146 e. The zero-order chi connectivity index (χ0) is 13.9. The molecule has 3 heteroatoms. The molecule has 1 heterocycles. The number of carbonyl (C=O) groups is 1. The fourth-order valence-electron chi connectivity index (χ4n) is 2.62. The van der Waals surface area contributed by atoms with Gasteiger partial charge in [0.25, 0.3) is 0 Å². The minimum absolute atomic E-state index is 0.336. The fraction of sp³-hybridized carbons (Fsp3) is 0.176. The maximum absolute atomic E-state index is 12.9. The number of halogens is 1. The van der Waals surface area contributed by atoms with Crippen LogP contribution in [0.3, 0.4) is 0 Å². The standard InChI is InChI=1S/C17H14FNO/c18-15-8-9-17(19-10-15)13-6-4-12(5-7-13)16-3-1-2-14(16)11-20/h4-11H,1-3H2. The van der Waals surface area contributed by atoms with E-state index in [1.807, 2.05) is 24.3 Å². The Morgan fingerprint density at radius 1 is 1.00 bits per heavy atom. The van der Waals surface area contributed by atoms with E-state index in [-0.39, 0.29) is 5.82 Å². The molecule has 0 bridgehead atoms. The fourth-order valence-corrected chi connectivity index (χ4v) is 2.62. The highest BCUT2D eigenvalue weighted by Crippen LogP contribution is 2.33. The molecule has 0 aliphatic heterocycles. The average Bonchev–Trinajstić information content (AvgIpc) is 2.97. The zero-order valence-electron chi connectivity index (χ0n) is 11.0. The van der Waals surface area contributed by atoms with Gasteiger partial charge in [0.2, 0.25) is 0 Å². The SMILES string of the molecule is O=CC1=C(c2ccc(-c3ccc(F)cn3)cc2)CCC1. The summed E-state index contributed by atoms with van der Waals surface area (Å²) in [7, 11) is 0. The van der Waals surface area contributed by atoms with Crippen LogP contribution in [0.2, 0.25) is 0 Å². The van der Waals surface area contributed by atoms with Gasteiger partial charge in [-0.3, -0.25) is 9.78 Å². The molecule has 0 radical (unpaired) electrons. The molecule has 0 atom stereocenters. The number of rotatable bonds is 3. The Bertz CT molecular complexity index is 656. The molecule has 2 aromatic rings. The number of benzene rings is 1. The van der Waals surface area contributed by atoms with Crippen LogP contribution in [-0.2, 0) is 4.79 Å². The molecule has 3 rings (SSSR count). The first kappa shape index (κ1) is 12.7. The topological polar surface area (TPSA) is 30.0 Å². The molecular weight excluding hydrogens is 253 g/mol. The molecule has 0 spiro atoms. The van der Waals surface area contributed by atoms with Gasteiger partial charge in [-0.15, -0.1) is 0 Å². The molecule has 0 saturated heterocycles. The van der Waals surface area contributed by atoms with Crippen molar-refractivity contribution in [2.24, 2.45) is 0 Å². The quantitative estimate of drug-likeness (QED) is 0.786. The van der Waals surface area contributed by atoms with Gasteiger partial charge in [-0.1, -0.05) is 24.3 Å². The Morgan fingerprint density at radius 2 is 1.75 bits per heavy atom. The summed E-state index contributed by atoms with van der Waals surface area (Å²) in [6.07, 6.45) is 5.07. The van der Waals surface area contributed by atoms with Crippen LogP contribution in [0.15, 0.2) is 48.2 Å². The molecular formula is C17H14FNO. The van der Waals surface area contributed by atoms with Crippen molar-refractivity contribution in [3.05, 3.63) is 59.5 Å². The van der Waals surface area contributed by atoms with E-state index < -0.39 is 0 Å². The van der Waals surface area contributed by atoms with Crippen LogP contribution in [-0.4, -0.2) is 11.3 Å². The maximum Gasteiger partial charge on any atom is 0.146 e. The van der Waals surface area contributed by atoms with Crippen molar-refractivity contribution in [1.29, 1.82) is 0 Å². The highest BCUT2D eigenvalue weighted by Gasteiger charge is 2.15. The van der Waals surface area contributed by atoms with Gasteiger partial charge in [0.05, 0.1) is 11.9 Å². The van der Waals surface area contributed by atoms with Crippen molar-refractivity contribution in [2.45, 2.75) is 19.3 Å². The van der Waals surface area contributed by atoms with Crippen LogP contribution in [0.25, 0.3) is 16.8 Å². The third kappa shape index (κ3) is 2.39. The van der Waals surface area contributed by atoms with Crippen molar-refractivity contribution in [3.8, 4) is 11.3 Å². The van der Waals surface area contributed by atoms with Gasteiger partial charge >= 0.3 is 0 Å². The summed E-state index contributed by atoms with van der Waals surface area (Å²) in [5.41, 5.74) is 4.85. The van der Waals surface area contributed by atoms with E-state index in [0.717, 1.165) is 53.5 Å². The van der Waals surface area contributed by atoms with Gasteiger partial charge in [-0.05, 0) is 48.1 Å².